The normalized spacial score (nSPS) is 10.6. The second-order valence-corrected chi connectivity index (χ2v) is 9.85. The summed E-state index contributed by atoms with van der Waals surface area (Å²) in [5, 5.41) is 3.12. The molecule has 0 aromatic heterocycles. The average Bonchev–Trinajstić information content (AvgIpc) is 2.87. The Balaban J connectivity index is 1.71. The summed E-state index contributed by atoms with van der Waals surface area (Å²) < 4.78 is 5.22. The van der Waals surface area contributed by atoms with Gasteiger partial charge < -0.3 is 10.1 Å². The molecule has 0 aliphatic carbocycles. The van der Waals surface area contributed by atoms with Gasteiger partial charge in [-0.05, 0) is 61.2 Å². The van der Waals surface area contributed by atoms with E-state index in [1.54, 1.807) is 17.8 Å². The average molecular weight is 505 g/mol. The Hall–Kier alpha value is -3.25. The molecule has 0 fully saturated rings. The van der Waals surface area contributed by atoms with Gasteiger partial charge in [-0.1, -0.05) is 80.4 Å². The van der Waals surface area contributed by atoms with Crippen LogP contribution in [0.2, 0.25) is 0 Å². The van der Waals surface area contributed by atoms with E-state index in [0.29, 0.717) is 18.8 Å². The monoisotopic (exact) mass is 504 g/mol. The minimum absolute atomic E-state index is 0.0569. The Morgan fingerprint density at radius 2 is 1.61 bits per heavy atom. The highest BCUT2D eigenvalue weighted by Gasteiger charge is 2.16. The van der Waals surface area contributed by atoms with E-state index in [0.717, 1.165) is 41.2 Å². The molecular formula is C30H36N2O3S. The van der Waals surface area contributed by atoms with Crippen LogP contribution in [0.5, 0.6) is 5.75 Å². The fourth-order valence-electron chi connectivity index (χ4n) is 3.89. The van der Waals surface area contributed by atoms with Gasteiger partial charge in [-0.15, -0.1) is 0 Å². The van der Waals surface area contributed by atoms with Gasteiger partial charge in [0.2, 0.25) is 0 Å². The summed E-state index contributed by atoms with van der Waals surface area (Å²) in [6.07, 6.45) is 6.27. The second kappa shape index (κ2) is 15.0. The van der Waals surface area contributed by atoms with E-state index in [-0.39, 0.29) is 12.0 Å². The van der Waals surface area contributed by atoms with E-state index in [9.17, 15) is 9.59 Å². The van der Waals surface area contributed by atoms with Gasteiger partial charge in [-0.3, -0.25) is 9.69 Å². The molecule has 0 bridgehead atoms. The first-order chi connectivity index (χ1) is 17.5. The number of urea groups is 1. The van der Waals surface area contributed by atoms with Crippen molar-refractivity contribution in [3.05, 3.63) is 84.4 Å². The van der Waals surface area contributed by atoms with Gasteiger partial charge in [0, 0.05) is 35.5 Å². The summed E-state index contributed by atoms with van der Waals surface area (Å²) in [7, 11) is 0. The third-order valence-corrected chi connectivity index (χ3v) is 6.65. The highest BCUT2D eigenvalue weighted by molar-refractivity contribution is 7.99. The lowest BCUT2D eigenvalue weighted by Crippen LogP contribution is -2.41. The number of hydrogen-bond acceptors (Lipinski definition) is 4. The number of anilines is 1. The molecule has 0 atom stereocenters. The van der Waals surface area contributed by atoms with Gasteiger partial charge in [-0.25, -0.2) is 4.79 Å². The minimum atomic E-state index is -0.342. The molecule has 1 N–H and O–H groups in total. The van der Waals surface area contributed by atoms with Crippen molar-refractivity contribution in [1.29, 1.82) is 0 Å². The van der Waals surface area contributed by atoms with E-state index in [1.807, 2.05) is 65.6 Å². The molecule has 5 nitrogen and oxygen atoms in total. The van der Waals surface area contributed by atoms with Crippen LogP contribution < -0.4 is 15.0 Å². The number of carbonyl (C=O) groups is 2. The van der Waals surface area contributed by atoms with Gasteiger partial charge in [0.05, 0.1) is 0 Å². The van der Waals surface area contributed by atoms with Crippen molar-refractivity contribution in [2.45, 2.75) is 62.2 Å². The van der Waals surface area contributed by atoms with Crippen molar-refractivity contribution in [3.63, 3.8) is 0 Å². The van der Waals surface area contributed by atoms with Gasteiger partial charge in [0.15, 0.2) is 0 Å². The van der Waals surface area contributed by atoms with Crippen LogP contribution in [-0.4, -0.2) is 25.1 Å². The molecule has 3 aromatic rings. The second-order valence-electron chi connectivity index (χ2n) is 8.70. The first-order valence-electron chi connectivity index (χ1n) is 12.7. The molecule has 36 heavy (non-hydrogen) atoms. The number of unbranched alkanes of at least 4 members (excludes halogenated alkanes) is 3. The van der Waals surface area contributed by atoms with Gasteiger partial charge in [0.25, 0.3) is 0 Å². The Morgan fingerprint density at radius 1 is 0.861 bits per heavy atom. The molecule has 0 saturated heterocycles. The molecule has 0 spiro atoms. The molecule has 0 radical (unpaired) electrons. The largest absolute Gasteiger partial charge is 0.427 e. The van der Waals surface area contributed by atoms with Gasteiger partial charge in [0.1, 0.15) is 5.75 Å². The molecule has 0 aliphatic rings. The molecule has 0 unspecified atom stereocenters. The van der Waals surface area contributed by atoms with E-state index < -0.39 is 0 Å². The van der Waals surface area contributed by atoms with Crippen LogP contribution in [-0.2, 0) is 11.2 Å². The van der Waals surface area contributed by atoms with Crippen LogP contribution in [0.15, 0.2) is 88.7 Å². The molecule has 3 rings (SSSR count). The minimum Gasteiger partial charge on any atom is -0.427 e. The topological polar surface area (TPSA) is 58.6 Å². The molecule has 0 saturated carbocycles. The zero-order chi connectivity index (χ0) is 25.6. The lowest BCUT2D eigenvalue weighted by atomic mass is 10.1. The number of nitrogens with zero attached hydrogens (tertiary/aromatic N) is 1. The van der Waals surface area contributed by atoms with Crippen molar-refractivity contribution >= 4 is 29.4 Å². The number of benzene rings is 3. The Labute approximate surface area is 219 Å². The zero-order valence-electron chi connectivity index (χ0n) is 21.2. The van der Waals surface area contributed by atoms with Gasteiger partial charge >= 0.3 is 12.0 Å². The Bertz CT molecular complexity index is 1100. The fraction of sp³-hybridized carbons (Fsp3) is 0.333. The van der Waals surface area contributed by atoms with Crippen LogP contribution in [0.25, 0.3) is 0 Å². The predicted octanol–water partition coefficient (Wildman–Crippen LogP) is 7.49. The van der Waals surface area contributed by atoms with E-state index in [2.05, 4.69) is 24.4 Å². The third kappa shape index (κ3) is 9.42. The number of ether oxygens (including phenoxy) is 1. The first-order valence-corrected chi connectivity index (χ1v) is 13.5. The predicted molar refractivity (Wildman–Crippen MR) is 148 cm³/mol. The molecule has 0 aliphatic heterocycles. The van der Waals surface area contributed by atoms with Crippen molar-refractivity contribution < 1.29 is 14.3 Å². The van der Waals surface area contributed by atoms with Crippen molar-refractivity contribution in [2.24, 2.45) is 0 Å². The number of nitrogens with one attached hydrogen (secondary N) is 1. The number of amides is 2. The quantitative estimate of drug-likeness (QED) is 0.149. The summed E-state index contributed by atoms with van der Waals surface area (Å²) in [5.74, 6) is 0.180. The Kier molecular flexibility index (Phi) is 11.4. The standard InChI is InChI=1S/C30H36N2O3S/c1-3-4-5-9-20-31-30(34)32(21-12-15-25-13-7-6-8-14-25)26-16-10-18-28(22-26)36-29-19-11-17-27(23-29)35-24(2)33/h6-8,10-11,13-14,16-19,22-23H,3-5,9,12,15,20-21H2,1-2H3,(H,31,34). The fourth-order valence-corrected chi connectivity index (χ4v) is 4.81. The van der Waals surface area contributed by atoms with Crippen molar-refractivity contribution in [2.75, 3.05) is 18.0 Å². The van der Waals surface area contributed by atoms with Crippen LogP contribution in [0.4, 0.5) is 10.5 Å². The number of aryl methyl sites for hydroxylation is 1. The smallest absolute Gasteiger partial charge is 0.321 e. The maximum Gasteiger partial charge on any atom is 0.321 e. The first kappa shape index (κ1) is 27.3. The van der Waals surface area contributed by atoms with E-state index in [1.165, 1.54) is 25.3 Å². The van der Waals surface area contributed by atoms with Crippen molar-refractivity contribution in [1.82, 2.24) is 5.32 Å². The lowest BCUT2D eigenvalue weighted by molar-refractivity contribution is -0.131. The number of esters is 1. The zero-order valence-corrected chi connectivity index (χ0v) is 22.1. The number of rotatable bonds is 13. The maximum absolute atomic E-state index is 13.2. The van der Waals surface area contributed by atoms with E-state index >= 15 is 0 Å². The van der Waals surface area contributed by atoms with Gasteiger partial charge in [-0.2, -0.15) is 0 Å². The molecule has 190 valence electrons. The highest BCUT2D eigenvalue weighted by Crippen LogP contribution is 2.32. The maximum atomic E-state index is 13.2. The van der Waals surface area contributed by atoms with Crippen molar-refractivity contribution in [3.8, 4) is 5.75 Å². The van der Waals surface area contributed by atoms with E-state index in [4.69, 9.17) is 4.74 Å². The summed E-state index contributed by atoms with van der Waals surface area (Å²) in [5.41, 5.74) is 2.14. The number of hydrogen-bond donors (Lipinski definition) is 1. The van der Waals surface area contributed by atoms with Crippen LogP contribution in [0.1, 0.15) is 51.5 Å². The third-order valence-electron chi connectivity index (χ3n) is 5.67. The molecular weight excluding hydrogens is 468 g/mol. The summed E-state index contributed by atoms with van der Waals surface area (Å²) in [6, 6.07) is 25.8. The highest BCUT2D eigenvalue weighted by atomic mass is 32.2. The Morgan fingerprint density at radius 3 is 2.36 bits per heavy atom. The number of carbonyl (C=O) groups excluding carboxylic acids is 2. The summed E-state index contributed by atoms with van der Waals surface area (Å²) in [6.45, 7) is 4.90. The summed E-state index contributed by atoms with van der Waals surface area (Å²) in [4.78, 5) is 28.3. The molecule has 3 aromatic carbocycles. The molecule has 0 heterocycles. The van der Waals surface area contributed by atoms with Crippen LogP contribution in [0.3, 0.4) is 0 Å². The summed E-state index contributed by atoms with van der Waals surface area (Å²) >= 11 is 1.57. The van der Waals surface area contributed by atoms with Crippen LogP contribution in [0, 0.1) is 0 Å². The SMILES string of the molecule is CCCCCCNC(=O)N(CCCc1ccccc1)c1cccc(Sc2cccc(OC(C)=O)c2)c1. The molecule has 2 amide bonds. The lowest BCUT2D eigenvalue weighted by Gasteiger charge is -2.24. The van der Waals surface area contributed by atoms with Crippen LogP contribution >= 0.6 is 11.8 Å². The molecule has 6 heteroatoms.